The van der Waals surface area contributed by atoms with Crippen LogP contribution in [0.1, 0.15) is 41.5 Å². The van der Waals surface area contributed by atoms with Gasteiger partial charge in [-0.2, -0.15) is 0 Å². The van der Waals surface area contributed by atoms with Crippen molar-refractivity contribution >= 4 is 0 Å². The van der Waals surface area contributed by atoms with Crippen LogP contribution in [-0.2, 0) is 0 Å². The van der Waals surface area contributed by atoms with E-state index in [1.165, 1.54) is 0 Å². The van der Waals surface area contributed by atoms with Crippen LogP contribution in [0.15, 0.2) is 0 Å². The molecule has 0 aromatic heterocycles. The highest BCUT2D eigenvalue weighted by Crippen LogP contribution is 2.55. The van der Waals surface area contributed by atoms with Gasteiger partial charge in [0, 0.05) is 11.1 Å². The molecule has 1 rings (SSSR count). The Hall–Kier alpha value is -0.0800. The van der Waals surface area contributed by atoms with Gasteiger partial charge in [-0.15, -0.1) is 0 Å². The van der Waals surface area contributed by atoms with Crippen molar-refractivity contribution in [3.8, 4) is 0 Å². The lowest BCUT2D eigenvalue weighted by Gasteiger charge is -2.41. The molecule has 1 unspecified atom stereocenters. The minimum atomic E-state index is -0.0903. The minimum absolute atomic E-state index is 0.0903. The maximum atomic E-state index is 9.59. The van der Waals surface area contributed by atoms with Crippen molar-refractivity contribution in [2.75, 3.05) is 13.7 Å². The van der Waals surface area contributed by atoms with Crippen molar-refractivity contribution in [3.05, 3.63) is 0 Å². The van der Waals surface area contributed by atoms with Gasteiger partial charge in [0.25, 0.3) is 0 Å². The molecule has 0 bridgehead atoms. The number of rotatable bonds is 1. The van der Waals surface area contributed by atoms with Crippen molar-refractivity contribution in [1.82, 2.24) is 4.90 Å². The largest absolute Gasteiger partial charge is 0.394 e. The van der Waals surface area contributed by atoms with Gasteiger partial charge in [0.15, 0.2) is 0 Å². The predicted octanol–water partition coefficient (Wildman–Crippen LogP) is 2.12. The summed E-state index contributed by atoms with van der Waals surface area (Å²) >= 11 is 0. The summed E-state index contributed by atoms with van der Waals surface area (Å²) in [4.78, 5) is 2.34. The van der Waals surface area contributed by atoms with Crippen LogP contribution in [0.3, 0.4) is 0 Å². The molecule has 0 radical (unpaired) electrons. The molecule has 0 spiro atoms. The topological polar surface area (TPSA) is 23.5 Å². The third-order valence-electron chi connectivity index (χ3n) is 5.52. The summed E-state index contributed by atoms with van der Waals surface area (Å²) in [5.74, 6) is 0.486. The lowest BCUT2D eigenvalue weighted by atomic mass is 9.67. The second-order valence-electron chi connectivity index (χ2n) is 6.08. The van der Waals surface area contributed by atoms with Crippen LogP contribution in [0.5, 0.6) is 0 Å². The SMILES string of the molecule is CC1C(C)(C)C(C)(C)N(C)[C@]1(C)CO. The molecule has 0 aromatic rings. The molecular weight excluding hydrogens is 174 g/mol. The smallest absolute Gasteiger partial charge is 0.0615 e. The van der Waals surface area contributed by atoms with E-state index in [0.29, 0.717) is 5.92 Å². The van der Waals surface area contributed by atoms with E-state index < -0.39 is 0 Å². The molecule has 1 aliphatic rings. The van der Waals surface area contributed by atoms with Crippen LogP contribution in [0.4, 0.5) is 0 Å². The second-order valence-corrected chi connectivity index (χ2v) is 6.08. The third kappa shape index (κ3) is 1.10. The van der Waals surface area contributed by atoms with Crippen molar-refractivity contribution in [1.29, 1.82) is 0 Å². The van der Waals surface area contributed by atoms with Gasteiger partial charge >= 0.3 is 0 Å². The molecule has 2 heteroatoms. The van der Waals surface area contributed by atoms with E-state index in [2.05, 4.69) is 53.5 Å². The Balaban J connectivity index is 3.22. The van der Waals surface area contributed by atoms with Crippen molar-refractivity contribution in [2.24, 2.45) is 11.3 Å². The minimum Gasteiger partial charge on any atom is -0.394 e. The summed E-state index contributed by atoms with van der Waals surface area (Å²) in [6, 6.07) is 0. The van der Waals surface area contributed by atoms with E-state index in [0.717, 1.165) is 0 Å². The number of aliphatic hydroxyl groups excluding tert-OH is 1. The van der Waals surface area contributed by atoms with Gasteiger partial charge in [0.2, 0.25) is 0 Å². The van der Waals surface area contributed by atoms with Crippen molar-refractivity contribution in [3.63, 3.8) is 0 Å². The van der Waals surface area contributed by atoms with Crippen LogP contribution in [0, 0.1) is 11.3 Å². The number of nitrogens with zero attached hydrogens (tertiary/aromatic N) is 1. The van der Waals surface area contributed by atoms with Crippen LogP contribution < -0.4 is 0 Å². The van der Waals surface area contributed by atoms with Crippen LogP contribution in [0.25, 0.3) is 0 Å². The number of aliphatic hydroxyl groups is 1. The quantitative estimate of drug-likeness (QED) is 0.699. The molecule has 1 saturated heterocycles. The maximum Gasteiger partial charge on any atom is 0.0615 e. The van der Waals surface area contributed by atoms with E-state index in [1.54, 1.807) is 0 Å². The molecule has 1 heterocycles. The zero-order valence-electron chi connectivity index (χ0n) is 10.7. The van der Waals surface area contributed by atoms with E-state index in [1.807, 2.05) is 0 Å². The normalized spacial score (nSPS) is 41.6. The highest BCUT2D eigenvalue weighted by molar-refractivity contribution is 5.14. The van der Waals surface area contributed by atoms with E-state index in [-0.39, 0.29) is 23.1 Å². The fourth-order valence-electron chi connectivity index (χ4n) is 2.91. The molecule has 2 nitrogen and oxygen atoms in total. The number of likely N-dealkylation sites (N-methyl/N-ethyl adjacent to an activating group) is 1. The first-order valence-electron chi connectivity index (χ1n) is 5.47. The summed E-state index contributed by atoms with van der Waals surface area (Å²) in [5, 5.41) is 9.59. The average molecular weight is 199 g/mol. The fraction of sp³-hybridized carbons (Fsp3) is 1.00. The zero-order chi connectivity index (χ0) is 11.4. The van der Waals surface area contributed by atoms with Gasteiger partial charge in [0.05, 0.1) is 6.61 Å². The molecule has 1 fully saturated rings. The molecule has 14 heavy (non-hydrogen) atoms. The first-order chi connectivity index (χ1) is 6.12. The molecule has 2 atom stereocenters. The molecule has 1 N–H and O–H groups in total. The monoisotopic (exact) mass is 199 g/mol. The summed E-state index contributed by atoms with van der Waals surface area (Å²) in [6.45, 7) is 13.8. The highest BCUT2D eigenvalue weighted by atomic mass is 16.3. The number of hydrogen-bond donors (Lipinski definition) is 1. The third-order valence-corrected chi connectivity index (χ3v) is 5.52. The summed E-state index contributed by atoms with van der Waals surface area (Å²) in [5.41, 5.74) is 0.260. The van der Waals surface area contributed by atoms with Gasteiger partial charge in [0.1, 0.15) is 0 Å². The first kappa shape index (κ1) is 12.0. The Morgan fingerprint density at radius 1 is 1.14 bits per heavy atom. The lowest BCUT2D eigenvalue weighted by molar-refractivity contribution is 0.0301. The number of hydrogen-bond acceptors (Lipinski definition) is 2. The van der Waals surface area contributed by atoms with Crippen molar-refractivity contribution in [2.45, 2.75) is 52.6 Å². The van der Waals surface area contributed by atoms with E-state index in [9.17, 15) is 5.11 Å². The number of likely N-dealkylation sites (tertiary alicyclic amines) is 1. The summed E-state index contributed by atoms with van der Waals surface area (Å²) in [6.07, 6.45) is 0. The zero-order valence-corrected chi connectivity index (χ0v) is 10.7. The van der Waals surface area contributed by atoms with E-state index >= 15 is 0 Å². The van der Waals surface area contributed by atoms with Crippen LogP contribution in [0.2, 0.25) is 0 Å². The molecule has 0 saturated carbocycles. The Morgan fingerprint density at radius 2 is 1.57 bits per heavy atom. The molecule has 0 aromatic carbocycles. The highest BCUT2D eigenvalue weighted by Gasteiger charge is 2.60. The second kappa shape index (κ2) is 2.96. The lowest BCUT2D eigenvalue weighted by Crippen LogP contribution is -2.51. The van der Waals surface area contributed by atoms with Gasteiger partial charge in [-0.3, -0.25) is 4.90 Å². The van der Waals surface area contributed by atoms with Gasteiger partial charge in [-0.25, -0.2) is 0 Å². The van der Waals surface area contributed by atoms with Crippen LogP contribution >= 0.6 is 0 Å². The predicted molar refractivity (Wildman–Crippen MR) is 60.3 cm³/mol. The molecule has 0 aliphatic carbocycles. The van der Waals surface area contributed by atoms with Gasteiger partial charge < -0.3 is 5.11 Å². The average Bonchev–Trinajstić information content (AvgIpc) is 2.20. The molecule has 0 amide bonds. The van der Waals surface area contributed by atoms with Crippen LogP contribution in [-0.4, -0.2) is 34.7 Å². The summed E-state index contributed by atoms with van der Waals surface area (Å²) in [7, 11) is 2.13. The van der Waals surface area contributed by atoms with Gasteiger partial charge in [-0.1, -0.05) is 20.8 Å². The Labute approximate surface area is 88.3 Å². The molecule has 1 aliphatic heterocycles. The summed E-state index contributed by atoms with van der Waals surface area (Å²) < 4.78 is 0. The standard InChI is InChI=1S/C12H25NO/c1-9-10(2,3)11(4,5)13(7)12(9,6)8-14/h9,14H,8H2,1-7H3/t9?,12-/m1/s1. The van der Waals surface area contributed by atoms with Gasteiger partial charge in [-0.05, 0) is 39.2 Å². The van der Waals surface area contributed by atoms with Crippen molar-refractivity contribution < 1.29 is 5.11 Å². The first-order valence-corrected chi connectivity index (χ1v) is 5.47. The molecule has 84 valence electrons. The Morgan fingerprint density at radius 3 is 1.71 bits per heavy atom. The van der Waals surface area contributed by atoms with E-state index in [4.69, 9.17) is 0 Å². The fourth-order valence-corrected chi connectivity index (χ4v) is 2.91. The Bertz CT molecular complexity index is 212. The molecular formula is C12H25NO. The Kier molecular flexibility index (Phi) is 2.53. The maximum absolute atomic E-state index is 9.59.